The number of rotatable bonds is 15. The second-order valence-electron chi connectivity index (χ2n) is 13.7. The van der Waals surface area contributed by atoms with E-state index in [0.717, 1.165) is 62.2 Å². The third kappa shape index (κ3) is 16.9. The van der Waals surface area contributed by atoms with E-state index in [1.807, 2.05) is 33.5 Å². The molecule has 322 valence electrons. The van der Waals surface area contributed by atoms with Gasteiger partial charge in [0.1, 0.15) is 35.1 Å². The maximum Gasteiger partial charge on any atom is 0.404 e. The Morgan fingerprint density at radius 2 is 1.63 bits per heavy atom. The van der Waals surface area contributed by atoms with Crippen LogP contribution in [0.1, 0.15) is 70.3 Å². The van der Waals surface area contributed by atoms with Crippen molar-refractivity contribution in [2.24, 2.45) is 23.1 Å². The number of ether oxygens (including phenoxy) is 1. The predicted molar refractivity (Wildman–Crippen MR) is 221 cm³/mol. The van der Waals surface area contributed by atoms with E-state index in [0.29, 0.717) is 75.8 Å². The van der Waals surface area contributed by atoms with Gasteiger partial charge in [-0.15, -0.1) is 11.6 Å². The zero-order chi connectivity index (χ0) is 42.4. The number of carboxylic acids is 1. The number of piperazine rings is 1. The summed E-state index contributed by atoms with van der Waals surface area (Å²) in [6, 6.07) is 10.1. The van der Waals surface area contributed by atoms with Crippen LogP contribution in [0.5, 0.6) is 0 Å². The second kappa shape index (κ2) is 26.7. The number of pyridine rings is 1. The van der Waals surface area contributed by atoms with Crippen LogP contribution in [0.3, 0.4) is 0 Å². The van der Waals surface area contributed by atoms with Crippen molar-refractivity contribution in [2.75, 3.05) is 88.2 Å². The van der Waals surface area contributed by atoms with Gasteiger partial charge in [-0.25, -0.2) is 31.9 Å². The van der Waals surface area contributed by atoms with E-state index >= 15 is 8.78 Å². The molecule has 1 aromatic heterocycles. The number of nitrogens with two attached hydrogens (primary N) is 3. The molecule has 2 saturated heterocycles. The summed E-state index contributed by atoms with van der Waals surface area (Å²) in [4.78, 5) is 42.2. The summed E-state index contributed by atoms with van der Waals surface area (Å²) in [5, 5.41) is 8.68. The molecule has 1 saturated carbocycles. The van der Waals surface area contributed by atoms with Crippen LogP contribution in [-0.2, 0) is 31.2 Å². The fourth-order valence-corrected chi connectivity index (χ4v) is 7.96. The third-order valence-electron chi connectivity index (χ3n) is 9.63. The number of nitrogens with one attached hydrogen (secondary N) is 1. The maximum atomic E-state index is 15.3. The number of carboxylic acid groups (broad SMARTS) is 1. The Hall–Kier alpha value is -3.19. The number of carbonyl (C=O) groups is 3. The second-order valence-corrected chi connectivity index (χ2v) is 15.6. The smallest absolute Gasteiger partial charge is 0.404 e. The number of aliphatic carboxylic acids is 1. The van der Waals surface area contributed by atoms with Crippen molar-refractivity contribution in [1.82, 2.24) is 9.29 Å². The first-order chi connectivity index (χ1) is 27.3. The molecule has 2 aromatic rings. The summed E-state index contributed by atoms with van der Waals surface area (Å²) in [6.07, 6.45) is 7.64. The minimum absolute atomic E-state index is 0.0118. The molecule has 19 heteroatoms. The van der Waals surface area contributed by atoms with Crippen molar-refractivity contribution in [1.29, 1.82) is 0 Å². The van der Waals surface area contributed by atoms with Gasteiger partial charge in [0.05, 0.1) is 11.4 Å². The summed E-state index contributed by atoms with van der Waals surface area (Å²) in [6.45, 7) is 7.31. The maximum absolute atomic E-state index is 15.3. The molecule has 0 spiro atoms. The van der Waals surface area contributed by atoms with Crippen molar-refractivity contribution in [2.45, 2.75) is 75.5 Å². The molecule has 1 aromatic carbocycles. The quantitative estimate of drug-likeness (QED) is 0.129. The first kappa shape index (κ1) is 50.0. The van der Waals surface area contributed by atoms with E-state index in [2.05, 4.69) is 28.2 Å². The molecule has 3 fully saturated rings. The molecule has 3 aliphatic rings. The van der Waals surface area contributed by atoms with Gasteiger partial charge in [0.2, 0.25) is 5.91 Å². The summed E-state index contributed by atoms with van der Waals surface area (Å²) in [5.41, 5.74) is 15.9. The van der Waals surface area contributed by atoms with Crippen LogP contribution >= 0.6 is 23.2 Å². The van der Waals surface area contributed by atoms with Gasteiger partial charge in [-0.2, -0.15) is 0 Å². The molecule has 0 bridgehead atoms. The van der Waals surface area contributed by atoms with Gasteiger partial charge >= 0.3 is 12.1 Å². The largest absolute Gasteiger partial charge is 0.477 e. The lowest BCUT2D eigenvalue weighted by atomic mass is 9.82. The number of benzene rings is 1. The van der Waals surface area contributed by atoms with Gasteiger partial charge in [-0.1, -0.05) is 37.8 Å². The molecule has 0 radical (unpaired) electrons. The number of hydrogen-bond acceptors (Lipinski definition) is 9. The third-order valence-corrected chi connectivity index (χ3v) is 11.3. The Morgan fingerprint density at radius 3 is 2.16 bits per heavy atom. The summed E-state index contributed by atoms with van der Waals surface area (Å²) in [7, 11) is -1.35. The highest BCUT2D eigenvalue weighted by Gasteiger charge is 2.42. The van der Waals surface area contributed by atoms with Crippen LogP contribution in [-0.4, -0.2) is 115 Å². The number of anilines is 2. The number of aromatic nitrogens is 1. The highest BCUT2D eigenvalue weighted by atomic mass is 35.5. The van der Waals surface area contributed by atoms with Crippen molar-refractivity contribution >= 4 is 63.7 Å². The molecule has 2 unspecified atom stereocenters. The highest BCUT2D eigenvalue weighted by Crippen LogP contribution is 2.44. The minimum atomic E-state index is -2.93. The Balaban J connectivity index is 0.000000447. The summed E-state index contributed by atoms with van der Waals surface area (Å²) in [5.74, 6) is -3.92. The van der Waals surface area contributed by atoms with E-state index < -0.39 is 34.9 Å². The Labute approximate surface area is 347 Å². The molecule has 2 amide bonds. The number of nitrogens with zero attached hydrogens (tertiary/aromatic N) is 4. The fraction of sp³-hybridized carbons (Fsp3) is 0.632. The fourth-order valence-electron chi connectivity index (χ4n) is 6.60. The first-order valence-corrected chi connectivity index (χ1v) is 21.7. The number of primary amides is 1. The van der Waals surface area contributed by atoms with Crippen LogP contribution in [0.15, 0.2) is 41.3 Å². The van der Waals surface area contributed by atoms with Crippen molar-refractivity contribution < 1.29 is 42.1 Å². The minimum Gasteiger partial charge on any atom is -0.477 e. The topological polar surface area (TPSA) is 203 Å². The molecule has 2 atom stereocenters. The van der Waals surface area contributed by atoms with Crippen LogP contribution in [0.2, 0.25) is 5.15 Å². The van der Waals surface area contributed by atoms with Crippen molar-refractivity contribution in [3.63, 3.8) is 0 Å². The lowest BCUT2D eigenvalue weighted by molar-refractivity contribution is -0.892. The Bertz CT molecular complexity index is 1540. The summed E-state index contributed by atoms with van der Waals surface area (Å²) >= 11 is 10.8. The molecule has 2 aliphatic heterocycles. The number of amides is 2. The monoisotopic (exact) mass is 865 g/mol. The van der Waals surface area contributed by atoms with Crippen LogP contribution in [0.4, 0.5) is 25.1 Å². The predicted octanol–water partition coefficient (Wildman–Crippen LogP) is 3.99. The first-order valence-electron chi connectivity index (χ1n) is 19.4. The van der Waals surface area contributed by atoms with E-state index in [9.17, 15) is 18.6 Å². The van der Waals surface area contributed by atoms with Gasteiger partial charge < -0.3 is 41.7 Å². The average molecular weight is 867 g/mol. The number of halogens is 4. The molecule has 8 N–H and O–H groups in total. The average Bonchev–Trinajstić information content (AvgIpc) is 3.66. The highest BCUT2D eigenvalue weighted by molar-refractivity contribution is 7.82. The van der Waals surface area contributed by atoms with Crippen LogP contribution in [0.25, 0.3) is 0 Å². The van der Waals surface area contributed by atoms with E-state index in [1.54, 1.807) is 4.90 Å². The lowest BCUT2D eigenvalue weighted by Gasteiger charge is -2.35. The number of carbonyl (C=O) groups excluding carboxylic acids is 2. The number of hydrogen-bond donors (Lipinski definition) is 5. The molecular weight excluding hydrogens is 805 g/mol. The standard InChI is InChI=1S/C26H31ClF2N4O2S.C8H17N3O4.C3H9N.CH3Cl/c27-23-17-20(26(28,29)19-5-2-1-3-6-19)18-24(30-23)31-13-15-32(16-14-31)36(35)22-10-8-21(9-11-22)33-12-4-7-25(33)34;9-2-1-3-11(6-7(12)13)4-5-15-8(10)14;1-2-3-4;1-2/h8-11,17-19H,1-7,12-16H2;1-6,9H2,(H2,10,14)(H,12,13);2-4H2,1H3;1H3/p+1. The number of alkyl halides is 3. The lowest BCUT2D eigenvalue weighted by Crippen LogP contribution is -3.13. The van der Waals surface area contributed by atoms with Gasteiger partial charge in [0.25, 0.3) is 5.92 Å². The Morgan fingerprint density at radius 1 is 1.00 bits per heavy atom. The van der Waals surface area contributed by atoms with Crippen LogP contribution < -0.4 is 31.9 Å². The normalized spacial score (nSPS) is 17.2. The zero-order valence-corrected chi connectivity index (χ0v) is 35.4. The van der Waals surface area contributed by atoms with E-state index in [4.69, 9.17) is 33.9 Å². The Kier molecular flexibility index (Phi) is 23.4. The molecule has 3 heterocycles. The molecule has 5 rings (SSSR count). The molecule has 1 aliphatic carbocycles. The SMILES string of the molecule is CCCN.CCl.NCCC[NH+](CCOC(N)=O)CC(=O)O.O=C1CCCN1c1ccc(S(=O)N2CCN(c3cc(C(F)(F)C4CCCCC4)cc(Cl)n3)CC2)cc1. The molecular formula is C38H61Cl2F2N8O6S+. The molecule has 57 heavy (non-hydrogen) atoms. The van der Waals surface area contributed by atoms with Gasteiger partial charge in [-0.05, 0) is 75.2 Å². The molecule has 14 nitrogen and oxygen atoms in total. The van der Waals surface area contributed by atoms with E-state index in [1.165, 1.54) is 18.5 Å². The summed E-state index contributed by atoms with van der Waals surface area (Å²) < 4.78 is 50.2. The zero-order valence-electron chi connectivity index (χ0n) is 33.1. The van der Waals surface area contributed by atoms with Gasteiger partial charge in [0.15, 0.2) is 6.54 Å². The number of quaternary nitrogens is 1. The van der Waals surface area contributed by atoms with E-state index in [-0.39, 0.29) is 29.8 Å². The van der Waals surface area contributed by atoms with Gasteiger partial charge in [0, 0.05) is 69.1 Å². The van der Waals surface area contributed by atoms with Crippen molar-refractivity contribution in [3.05, 3.63) is 47.1 Å². The van der Waals surface area contributed by atoms with Crippen molar-refractivity contribution in [3.8, 4) is 0 Å². The van der Waals surface area contributed by atoms with Gasteiger partial charge in [-0.3, -0.25) is 4.79 Å². The van der Waals surface area contributed by atoms with Crippen LogP contribution in [0, 0.1) is 5.92 Å².